The van der Waals surface area contributed by atoms with E-state index in [2.05, 4.69) is 20.3 Å². The summed E-state index contributed by atoms with van der Waals surface area (Å²) < 4.78 is 0. The van der Waals surface area contributed by atoms with Gasteiger partial charge in [0.2, 0.25) is 5.95 Å². The molecule has 0 atom stereocenters. The number of nitrogens with zero attached hydrogens (tertiary/aromatic N) is 3. The van der Waals surface area contributed by atoms with Gasteiger partial charge in [0.15, 0.2) is 0 Å². The van der Waals surface area contributed by atoms with Crippen molar-refractivity contribution in [1.29, 1.82) is 0 Å². The Hall–Kier alpha value is -4.34. The molecular formula is C18H11N5O5. The van der Waals surface area contributed by atoms with Crippen molar-refractivity contribution < 1.29 is 19.6 Å². The van der Waals surface area contributed by atoms with Gasteiger partial charge >= 0.3 is 5.97 Å². The first kappa shape index (κ1) is 17.1. The number of carboxylic acid groups (broad SMARTS) is 1. The highest BCUT2D eigenvalue weighted by Crippen LogP contribution is 2.25. The van der Waals surface area contributed by atoms with Gasteiger partial charge in [-0.2, -0.15) is 0 Å². The number of carbonyl (C=O) groups excluding carboxylic acids is 1. The van der Waals surface area contributed by atoms with Gasteiger partial charge < -0.3 is 10.1 Å². The third kappa shape index (κ3) is 2.98. The van der Waals surface area contributed by atoms with Crippen molar-refractivity contribution in [3.8, 4) is 0 Å². The fraction of sp³-hybridized carbons (Fsp3) is 0. The van der Waals surface area contributed by atoms with E-state index in [1.165, 1.54) is 0 Å². The van der Waals surface area contributed by atoms with Gasteiger partial charge in [-0.15, -0.1) is 0 Å². The Labute approximate surface area is 156 Å². The van der Waals surface area contributed by atoms with Crippen LogP contribution in [0.3, 0.4) is 0 Å². The lowest BCUT2D eigenvalue weighted by Gasteiger charge is -2.03. The minimum atomic E-state index is -1.37. The second kappa shape index (κ2) is 6.43. The second-order valence-corrected chi connectivity index (χ2v) is 5.91. The van der Waals surface area contributed by atoms with E-state index in [0.717, 1.165) is 22.9 Å². The molecule has 0 fully saturated rings. The van der Waals surface area contributed by atoms with Crippen molar-refractivity contribution in [1.82, 2.24) is 15.0 Å². The fourth-order valence-corrected chi connectivity index (χ4v) is 2.81. The highest BCUT2D eigenvalue weighted by molar-refractivity contribution is 6.06. The predicted octanol–water partition coefficient (Wildman–Crippen LogP) is 2.97. The van der Waals surface area contributed by atoms with Crippen LogP contribution >= 0.6 is 0 Å². The van der Waals surface area contributed by atoms with Crippen LogP contribution in [0.25, 0.3) is 21.8 Å². The zero-order chi connectivity index (χ0) is 19.8. The van der Waals surface area contributed by atoms with Crippen LogP contribution in [0, 0.1) is 10.1 Å². The minimum absolute atomic E-state index is 0.000120. The number of hydrogen-bond donors (Lipinski definition) is 3. The van der Waals surface area contributed by atoms with Crippen molar-refractivity contribution >= 4 is 45.3 Å². The van der Waals surface area contributed by atoms with Crippen LogP contribution in [0.5, 0.6) is 0 Å². The molecule has 10 heteroatoms. The zero-order valence-corrected chi connectivity index (χ0v) is 14.0. The first-order valence-electron chi connectivity index (χ1n) is 8.00. The Kier molecular flexibility index (Phi) is 3.93. The molecule has 10 nitrogen and oxygen atoms in total. The van der Waals surface area contributed by atoms with Crippen LogP contribution in [0.1, 0.15) is 20.8 Å². The Morgan fingerprint density at radius 2 is 1.89 bits per heavy atom. The summed E-state index contributed by atoms with van der Waals surface area (Å²) in [6.45, 7) is 0. The van der Waals surface area contributed by atoms with Crippen LogP contribution in [-0.2, 0) is 0 Å². The summed E-state index contributed by atoms with van der Waals surface area (Å²) in [5.41, 5.74) is -0.482. The lowest BCUT2D eigenvalue weighted by molar-refractivity contribution is -0.384. The van der Waals surface area contributed by atoms with Crippen LogP contribution in [0.15, 0.2) is 48.7 Å². The van der Waals surface area contributed by atoms with Crippen LogP contribution in [0.4, 0.5) is 11.6 Å². The number of pyridine rings is 1. The molecule has 0 bridgehead atoms. The van der Waals surface area contributed by atoms with E-state index in [0.29, 0.717) is 0 Å². The quantitative estimate of drug-likeness (QED) is 0.365. The zero-order valence-electron chi connectivity index (χ0n) is 14.0. The van der Waals surface area contributed by atoms with E-state index in [9.17, 15) is 24.8 Å². The van der Waals surface area contributed by atoms with Crippen molar-refractivity contribution in [2.75, 3.05) is 5.32 Å². The Bertz CT molecular complexity index is 1280. The average molecular weight is 377 g/mol. The summed E-state index contributed by atoms with van der Waals surface area (Å²) >= 11 is 0. The van der Waals surface area contributed by atoms with E-state index in [1.807, 2.05) is 24.3 Å². The van der Waals surface area contributed by atoms with Crippen molar-refractivity contribution in [3.63, 3.8) is 0 Å². The summed E-state index contributed by atoms with van der Waals surface area (Å²) in [5, 5.41) is 24.5. The number of aromatic carboxylic acids is 1. The fourth-order valence-electron chi connectivity index (χ4n) is 2.81. The molecule has 3 N–H and O–H groups in total. The Balaban J connectivity index is 1.70. The summed E-state index contributed by atoms with van der Waals surface area (Å²) in [4.78, 5) is 45.0. The van der Waals surface area contributed by atoms with E-state index in [4.69, 9.17) is 0 Å². The van der Waals surface area contributed by atoms with E-state index < -0.39 is 22.5 Å². The summed E-state index contributed by atoms with van der Waals surface area (Å²) in [5.74, 6) is -1.97. The summed E-state index contributed by atoms with van der Waals surface area (Å²) in [6.07, 6.45) is 1.56. The van der Waals surface area contributed by atoms with Gasteiger partial charge in [0, 0.05) is 23.7 Å². The van der Waals surface area contributed by atoms with Crippen LogP contribution in [-0.4, -0.2) is 36.9 Å². The van der Waals surface area contributed by atoms with Gasteiger partial charge in [0.05, 0.1) is 16.0 Å². The molecule has 0 saturated carbocycles. The molecule has 28 heavy (non-hydrogen) atoms. The largest absolute Gasteiger partial charge is 0.478 e. The molecule has 0 aliphatic carbocycles. The molecule has 0 spiro atoms. The Morgan fingerprint density at radius 1 is 1.14 bits per heavy atom. The summed E-state index contributed by atoms with van der Waals surface area (Å²) in [7, 11) is 0. The molecule has 0 unspecified atom stereocenters. The van der Waals surface area contributed by atoms with Gasteiger partial charge in [0.25, 0.3) is 11.6 Å². The number of anilines is 1. The highest BCUT2D eigenvalue weighted by atomic mass is 16.6. The van der Waals surface area contributed by atoms with Crippen molar-refractivity contribution in [2.45, 2.75) is 0 Å². The maximum atomic E-state index is 12.5. The molecule has 2 heterocycles. The number of benzene rings is 2. The smallest absolute Gasteiger partial charge is 0.338 e. The molecule has 0 aliphatic rings. The van der Waals surface area contributed by atoms with E-state index in [-0.39, 0.29) is 28.2 Å². The maximum absolute atomic E-state index is 12.5. The van der Waals surface area contributed by atoms with Crippen molar-refractivity contribution in [2.24, 2.45) is 0 Å². The average Bonchev–Trinajstić information content (AvgIpc) is 3.08. The third-order valence-corrected chi connectivity index (χ3v) is 4.11. The maximum Gasteiger partial charge on any atom is 0.338 e. The normalized spacial score (nSPS) is 10.9. The lowest BCUT2D eigenvalue weighted by atomic mass is 10.1. The molecule has 0 saturated heterocycles. The molecule has 4 rings (SSSR count). The number of nitrogens with one attached hydrogen (secondary N) is 2. The van der Waals surface area contributed by atoms with Crippen molar-refractivity contribution in [3.05, 3.63) is 70.0 Å². The van der Waals surface area contributed by atoms with E-state index >= 15 is 0 Å². The number of carboxylic acids is 1. The number of nitro benzene ring substituents is 1. The molecule has 0 aliphatic heterocycles. The number of rotatable bonds is 4. The molecule has 2 aromatic carbocycles. The summed E-state index contributed by atoms with van der Waals surface area (Å²) in [6, 6.07) is 11.1. The first-order chi connectivity index (χ1) is 13.4. The van der Waals surface area contributed by atoms with Gasteiger partial charge in [-0.05, 0) is 11.5 Å². The number of aromatic amines is 1. The number of nitro groups is 1. The number of aromatic nitrogens is 3. The van der Waals surface area contributed by atoms with Gasteiger partial charge in [0.1, 0.15) is 11.2 Å². The number of hydrogen-bond acceptors (Lipinski definition) is 6. The number of H-pyrrole nitrogens is 1. The van der Waals surface area contributed by atoms with Gasteiger partial charge in [-0.25, -0.2) is 9.78 Å². The number of amides is 1. The first-order valence-corrected chi connectivity index (χ1v) is 8.00. The second-order valence-electron chi connectivity index (χ2n) is 5.91. The Morgan fingerprint density at radius 3 is 2.61 bits per heavy atom. The SMILES string of the molecule is O=C(Nc1nc2c(C(=O)O)cc([N+](=O)[O-])cc2[nH]1)c1cc2ccccc2cn1. The minimum Gasteiger partial charge on any atom is -0.478 e. The standard InChI is InChI=1S/C18H11N5O5/c24-16(14-5-9-3-1-2-4-10(9)8-19-14)22-18-20-13-7-11(23(27)28)6-12(17(25)26)15(13)21-18/h1-8H,(H,25,26)(H2,20,21,22,24). The monoisotopic (exact) mass is 377 g/mol. The number of non-ortho nitro benzene ring substituents is 1. The molecule has 138 valence electrons. The van der Waals surface area contributed by atoms with Gasteiger partial charge in [-0.3, -0.25) is 25.2 Å². The van der Waals surface area contributed by atoms with E-state index in [1.54, 1.807) is 12.3 Å². The molecule has 4 aromatic rings. The molecule has 1 amide bonds. The van der Waals surface area contributed by atoms with Gasteiger partial charge in [-0.1, -0.05) is 24.3 Å². The lowest BCUT2D eigenvalue weighted by Crippen LogP contribution is -2.14. The topological polar surface area (TPSA) is 151 Å². The molecule has 2 aromatic heterocycles. The number of carbonyl (C=O) groups is 2. The van der Waals surface area contributed by atoms with Crippen LogP contribution < -0.4 is 5.32 Å². The molecular weight excluding hydrogens is 366 g/mol. The number of imidazole rings is 1. The third-order valence-electron chi connectivity index (χ3n) is 4.11. The highest BCUT2D eigenvalue weighted by Gasteiger charge is 2.20. The predicted molar refractivity (Wildman–Crippen MR) is 99.4 cm³/mol. The molecule has 0 radical (unpaired) electrons. The van der Waals surface area contributed by atoms with Crippen LogP contribution in [0.2, 0.25) is 0 Å². The number of fused-ring (bicyclic) bond motifs is 2.